The fraction of sp³-hybridized carbons (Fsp3) is 0.280. The molecule has 0 amide bonds. The molecule has 0 fully saturated rings. The van der Waals surface area contributed by atoms with Gasteiger partial charge in [-0.2, -0.15) is 0 Å². The van der Waals surface area contributed by atoms with Crippen LogP contribution < -0.4 is 4.74 Å². The van der Waals surface area contributed by atoms with Crippen LogP contribution in [0.4, 0.5) is 0 Å². The monoisotopic (exact) mass is 423 g/mol. The first-order valence-corrected chi connectivity index (χ1v) is 10.3. The highest BCUT2D eigenvalue weighted by molar-refractivity contribution is 6.30. The van der Waals surface area contributed by atoms with E-state index in [1.165, 1.54) is 0 Å². The van der Waals surface area contributed by atoms with Crippen molar-refractivity contribution in [3.8, 4) is 5.75 Å². The molecule has 156 valence electrons. The quantitative estimate of drug-likeness (QED) is 0.334. The minimum atomic E-state index is -0.567. The first-order valence-electron chi connectivity index (χ1n) is 9.89. The van der Waals surface area contributed by atoms with E-state index < -0.39 is 6.10 Å². The van der Waals surface area contributed by atoms with Crippen LogP contribution in [0.5, 0.6) is 5.75 Å². The van der Waals surface area contributed by atoms with Gasteiger partial charge in [0.25, 0.3) is 0 Å². The van der Waals surface area contributed by atoms with Crippen LogP contribution >= 0.6 is 11.6 Å². The van der Waals surface area contributed by atoms with Crippen LogP contribution in [0.2, 0.25) is 5.02 Å². The largest absolute Gasteiger partial charge is 0.497 e. The Morgan fingerprint density at radius 2 is 1.60 bits per heavy atom. The zero-order valence-corrected chi connectivity index (χ0v) is 18.4. The molecular formula is C25H26ClNO3. The van der Waals surface area contributed by atoms with Gasteiger partial charge in [0.2, 0.25) is 0 Å². The van der Waals surface area contributed by atoms with Gasteiger partial charge in [-0.3, -0.25) is 9.79 Å². The number of methoxy groups -OCH3 is 1. The molecule has 30 heavy (non-hydrogen) atoms. The van der Waals surface area contributed by atoms with E-state index in [4.69, 9.17) is 21.1 Å². The third-order valence-corrected chi connectivity index (χ3v) is 5.33. The zero-order chi connectivity index (χ0) is 21.7. The molecule has 0 radical (unpaired) electrons. The average Bonchev–Trinajstić information content (AvgIpc) is 2.74. The van der Waals surface area contributed by atoms with Gasteiger partial charge in [-0.05, 0) is 58.1 Å². The zero-order valence-electron chi connectivity index (χ0n) is 17.6. The number of ether oxygens (including phenoxy) is 2. The molecule has 3 aromatic rings. The van der Waals surface area contributed by atoms with Crippen LogP contribution in [-0.4, -0.2) is 26.3 Å². The van der Waals surface area contributed by atoms with Gasteiger partial charge in [-0.15, -0.1) is 0 Å². The second kappa shape index (κ2) is 9.77. The number of hydrogen-bond donors (Lipinski definition) is 0. The fourth-order valence-electron chi connectivity index (χ4n) is 3.53. The summed E-state index contributed by atoms with van der Waals surface area (Å²) >= 11 is 6.01. The van der Waals surface area contributed by atoms with Crippen molar-refractivity contribution in [2.45, 2.75) is 25.9 Å². The van der Waals surface area contributed by atoms with E-state index in [0.29, 0.717) is 5.02 Å². The van der Waals surface area contributed by atoms with Gasteiger partial charge in [-0.25, -0.2) is 0 Å². The van der Waals surface area contributed by atoms with E-state index in [1.807, 2.05) is 62.4 Å². The lowest BCUT2D eigenvalue weighted by Crippen LogP contribution is -2.23. The molecule has 2 unspecified atom stereocenters. The third kappa shape index (κ3) is 5.00. The lowest BCUT2D eigenvalue weighted by Gasteiger charge is -2.23. The Morgan fingerprint density at radius 3 is 2.23 bits per heavy atom. The molecule has 4 nitrogen and oxygen atoms in total. The molecule has 0 saturated heterocycles. The Kier molecular flexibility index (Phi) is 7.11. The third-order valence-electron chi connectivity index (χ3n) is 5.08. The van der Waals surface area contributed by atoms with Crippen LogP contribution in [-0.2, 0) is 9.53 Å². The van der Waals surface area contributed by atoms with Crippen LogP contribution in [0.15, 0.2) is 65.7 Å². The van der Waals surface area contributed by atoms with Crippen molar-refractivity contribution in [3.63, 3.8) is 0 Å². The van der Waals surface area contributed by atoms with Crippen molar-refractivity contribution in [3.05, 3.63) is 76.8 Å². The normalized spacial score (nSPS) is 13.5. The summed E-state index contributed by atoms with van der Waals surface area (Å²) in [6.45, 7) is 4.01. The Hall–Kier alpha value is -2.85. The van der Waals surface area contributed by atoms with Crippen LogP contribution in [0.3, 0.4) is 0 Å². The second-order valence-corrected chi connectivity index (χ2v) is 7.95. The second-order valence-electron chi connectivity index (χ2n) is 7.51. The predicted octanol–water partition coefficient (Wildman–Crippen LogP) is 6.23. The predicted molar refractivity (Wildman–Crippen MR) is 123 cm³/mol. The number of fused-ring (bicyclic) bond motifs is 1. The van der Waals surface area contributed by atoms with Gasteiger partial charge >= 0.3 is 5.97 Å². The highest BCUT2D eigenvalue weighted by Gasteiger charge is 2.28. The average molecular weight is 424 g/mol. The number of carbonyl (C=O) groups is 1. The van der Waals surface area contributed by atoms with Crippen molar-refractivity contribution in [2.75, 3.05) is 14.2 Å². The first-order chi connectivity index (χ1) is 14.4. The standard InChI is InChI=1S/C25H26ClNO3/c1-16(2)24(17-7-10-21(26)11-8-17)25(28)30-23(15-27-3)20-6-5-19-14-22(29-4)12-9-18(19)13-20/h5-16,23-24H,1-4H3. The molecule has 3 aromatic carbocycles. The van der Waals surface area contributed by atoms with E-state index in [1.54, 1.807) is 32.5 Å². The number of carbonyl (C=O) groups excluding carboxylic acids is 1. The number of halogens is 1. The fourth-order valence-corrected chi connectivity index (χ4v) is 3.65. The van der Waals surface area contributed by atoms with Crippen LogP contribution in [0.25, 0.3) is 10.8 Å². The summed E-state index contributed by atoms with van der Waals surface area (Å²) in [6.07, 6.45) is 1.09. The number of aliphatic imine (C=N–C) groups is 1. The van der Waals surface area contributed by atoms with Crippen LogP contribution in [0.1, 0.15) is 37.0 Å². The number of rotatable bonds is 7. The number of benzene rings is 3. The molecule has 3 rings (SSSR count). The van der Waals surface area contributed by atoms with E-state index in [-0.39, 0.29) is 17.8 Å². The van der Waals surface area contributed by atoms with Crippen molar-refractivity contribution in [1.29, 1.82) is 0 Å². The van der Waals surface area contributed by atoms with E-state index in [0.717, 1.165) is 27.6 Å². The maximum absolute atomic E-state index is 13.1. The molecule has 0 aliphatic carbocycles. The molecule has 0 bridgehead atoms. The van der Waals surface area contributed by atoms with Crippen molar-refractivity contribution in [1.82, 2.24) is 0 Å². The van der Waals surface area contributed by atoms with E-state index >= 15 is 0 Å². The lowest BCUT2D eigenvalue weighted by atomic mass is 9.88. The van der Waals surface area contributed by atoms with Crippen molar-refractivity contribution >= 4 is 34.6 Å². The first kappa shape index (κ1) is 21.8. The maximum Gasteiger partial charge on any atom is 0.314 e. The molecule has 0 aliphatic rings. The summed E-state index contributed by atoms with van der Waals surface area (Å²) in [7, 11) is 3.32. The van der Waals surface area contributed by atoms with E-state index in [9.17, 15) is 4.79 Å². The highest BCUT2D eigenvalue weighted by atomic mass is 35.5. The minimum Gasteiger partial charge on any atom is -0.497 e. The number of esters is 1. The SMILES string of the molecule is CN=CC(OC(=O)C(c1ccc(Cl)cc1)C(C)C)c1ccc2cc(OC)ccc2c1. The maximum atomic E-state index is 13.1. The summed E-state index contributed by atoms with van der Waals surface area (Å²) in [5.41, 5.74) is 1.75. The van der Waals surface area contributed by atoms with Gasteiger partial charge in [0.05, 0.1) is 13.0 Å². The Morgan fingerprint density at radius 1 is 0.967 bits per heavy atom. The molecule has 0 aliphatic heterocycles. The summed E-state index contributed by atoms with van der Waals surface area (Å²) in [5, 5.41) is 2.73. The Balaban J connectivity index is 1.89. The molecule has 0 saturated carbocycles. The van der Waals surface area contributed by atoms with Gasteiger partial charge < -0.3 is 9.47 Å². The minimum absolute atomic E-state index is 0.0713. The summed E-state index contributed by atoms with van der Waals surface area (Å²) in [5.74, 6) is 0.199. The summed E-state index contributed by atoms with van der Waals surface area (Å²) in [4.78, 5) is 17.3. The topological polar surface area (TPSA) is 47.9 Å². The van der Waals surface area contributed by atoms with Crippen molar-refractivity contribution in [2.24, 2.45) is 10.9 Å². The summed E-state index contributed by atoms with van der Waals surface area (Å²) in [6, 6.07) is 19.2. The summed E-state index contributed by atoms with van der Waals surface area (Å²) < 4.78 is 11.2. The Bertz CT molecular complexity index is 1040. The number of nitrogens with zero attached hydrogens (tertiary/aromatic N) is 1. The van der Waals surface area contributed by atoms with Gasteiger partial charge in [0.15, 0.2) is 6.10 Å². The lowest BCUT2D eigenvalue weighted by molar-refractivity contribution is -0.149. The molecule has 0 heterocycles. The molecule has 2 atom stereocenters. The van der Waals surface area contributed by atoms with Crippen molar-refractivity contribution < 1.29 is 14.3 Å². The van der Waals surface area contributed by atoms with Gasteiger partial charge in [0, 0.05) is 18.3 Å². The molecule has 5 heteroatoms. The molecule has 0 aromatic heterocycles. The molecular weight excluding hydrogens is 398 g/mol. The van der Waals surface area contributed by atoms with Gasteiger partial charge in [-0.1, -0.05) is 55.8 Å². The molecule has 0 N–H and O–H groups in total. The highest BCUT2D eigenvalue weighted by Crippen LogP contribution is 2.31. The smallest absolute Gasteiger partial charge is 0.314 e. The Labute approximate surface area is 182 Å². The molecule has 0 spiro atoms. The van der Waals surface area contributed by atoms with Gasteiger partial charge in [0.1, 0.15) is 5.75 Å². The van der Waals surface area contributed by atoms with Crippen LogP contribution in [0, 0.1) is 5.92 Å². The van der Waals surface area contributed by atoms with E-state index in [2.05, 4.69) is 4.99 Å². The number of hydrogen-bond acceptors (Lipinski definition) is 4.